The van der Waals surface area contributed by atoms with Crippen molar-refractivity contribution < 1.29 is 14.6 Å². The summed E-state index contributed by atoms with van der Waals surface area (Å²) in [5, 5.41) is 12.8. The lowest BCUT2D eigenvalue weighted by atomic mass is 9.75. The topological polar surface area (TPSA) is 58.6 Å². The predicted molar refractivity (Wildman–Crippen MR) is 71.4 cm³/mol. The van der Waals surface area contributed by atoms with E-state index in [-0.39, 0.29) is 6.10 Å². The monoisotopic (exact) mass is 261 g/mol. The van der Waals surface area contributed by atoms with Crippen LogP contribution in [0.3, 0.4) is 0 Å². The maximum absolute atomic E-state index is 11.6. The molecule has 2 aliphatic rings. The van der Waals surface area contributed by atoms with Gasteiger partial charge in [0, 0.05) is 19.4 Å². The molecule has 2 N–H and O–H groups in total. The first kappa shape index (κ1) is 12.5. The van der Waals surface area contributed by atoms with Crippen molar-refractivity contribution in [2.45, 2.75) is 31.8 Å². The van der Waals surface area contributed by atoms with Crippen LogP contribution in [-0.4, -0.2) is 30.3 Å². The highest BCUT2D eigenvalue weighted by Gasteiger charge is 2.43. The van der Waals surface area contributed by atoms with Crippen LogP contribution in [0.1, 0.15) is 24.8 Å². The smallest absolute Gasteiger partial charge is 0.311 e. The molecule has 19 heavy (non-hydrogen) atoms. The van der Waals surface area contributed by atoms with Crippen LogP contribution in [0, 0.1) is 5.41 Å². The van der Waals surface area contributed by atoms with E-state index in [2.05, 4.69) is 11.4 Å². The highest BCUT2D eigenvalue weighted by Crippen LogP contribution is 2.37. The number of ether oxygens (including phenoxy) is 1. The Kier molecular flexibility index (Phi) is 3.19. The third kappa shape index (κ3) is 2.32. The molecule has 0 bridgehead atoms. The van der Waals surface area contributed by atoms with Crippen molar-refractivity contribution in [2.24, 2.45) is 5.41 Å². The highest BCUT2D eigenvalue weighted by molar-refractivity contribution is 5.75. The van der Waals surface area contributed by atoms with E-state index < -0.39 is 11.4 Å². The zero-order valence-corrected chi connectivity index (χ0v) is 10.9. The normalized spacial score (nSPS) is 29.6. The van der Waals surface area contributed by atoms with Gasteiger partial charge in [-0.3, -0.25) is 4.79 Å². The van der Waals surface area contributed by atoms with Gasteiger partial charge in [-0.15, -0.1) is 0 Å². The highest BCUT2D eigenvalue weighted by atomic mass is 16.5. The van der Waals surface area contributed by atoms with Crippen molar-refractivity contribution in [3.63, 3.8) is 0 Å². The maximum Gasteiger partial charge on any atom is 0.311 e. The molecular weight excluding hydrogens is 242 g/mol. The number of carboxylic acids is 1. The first-order valence-corrected chi connectivity index (χ1v) is 6.88. The van der Waals surface area contributed by atoms with Gasteiger partial charge in [0.25, 0.3) is 0 Å². The minimum atomic E-state index is -0.695. The molecule has 0 aliphatic carbocycles. The molecule has 0 spiro atoms. The lowest BCUT2D eigenvalue weighted by molar-refractivity contribution is -0.151. The lowest BCUT2D eigenvalue weighted by Gasteiger charge is -2.35. The van der Waals surface area contributed by atoms with Crippen LogP contribution in [0.4, 0.5) is 0 Å². The van der Waals surface area contributed by atoms with Crippen LogP contribution in [0.5, 0.6) is 5.75 Å². The van der Waals surface area contributed by atoms with E-state index in [0.29, 0.717) is 13.0 Å². The van der Waals surface area contributed by atoms with E-state index in [1.807, 2.05) is 18.2 Å². The number of fused-ring (bicyclic) bond motifs is 1. The van der Waals surface area contributed by atoms with Crippen LogP contribution >= 0.6 is 0 Å². The number of para-hydroxylation sites is 1. The zero-order valence-electron chi connectivity index (χ0n) is 10.9. The Morgan fingerprint density at radius 2 is 2.32 bits per heavy atom. The second kappa shape index (κ2) is 4.85. The Morgan fingerprint density at radius 1 is 1.47 bits per heavy atom. The summed E-state index contributed by atoms with van der Waals surface area (Å²) in [4.78, 5) is 11.6. The SMILES string of the molecule is O=C(O)C1(CC2Cc3ccccc3O2)CCCNC1. The van der Waals surface area contributed by atoms with Crippen molar-refractivity contribution in [1.29, 1.82) is 0 Å². The molecule has 2 unspecified atom stereocenters. The van der Waals surface area contributed by atoms with Gasteiger partial charge in [0.1, 0.15) is 11.9 Å². The molecule has 3 rings (SSSR count). The summed E-state index contributed by atoms with van der Waals surface area (Å²) in [6.07, 6.45) is 3.07. The summed E-state index contributed by atoms with van der Waals surface area (Å²) in [6.45, 7) is 1.47. The Hall–Kier alpha value is -1.55. The first-order valence-electron chi connectivity index (χ1n) is 6.88. The van der Waals surface area contributed by atoms with E-state index in [4.69, 9.17) is 4.74 Å². The molecule has 2 aliphatic heterocycles. The molecular formula is C15H19NO3. The minimum absolute atomic E-state index is 0.00611. The van der Waals surface area contributed by atoms with E-state index in [1.54, 1.807) is 0 Å². The average molecular weight is 261 g/mol. The summed E-state index contributed by atoms with van der Waals surface area (Å²) in [5.41, 5.74) is 0.530. The summed E-state index contributed by atoms with van der Waals surface area (Å²) in [5.74, 6) is 0.219. The fourth-order valence-electron chi connectivity index (χ4n) is 3.22. The number of piperidine rings is 1. The van der Waals surface area contributed by atoms with Crippen molar-refractivity contribution in [3.8, 4) is 5.75 Å². The Bertz CT molecular complexity index is 455. The van der Waals surface area contributed by atoms with Gasteiger partial charge < -0.3 is 15.2 Å². The van der Waals surface area contributed by atoms with Crippen molar-refractivity contribution in [1.82, 2.24) is 5.32 Å². The van der Waals surface area contributed by atoms with Gasteiger partial charge in [-0.05, 0) is 31.0 Å². The van der Waals surface area contributed by atoms with Crippen LogP contribution in [0.25, 0.3) is 0 Å². The molecule has 4 nitrogen and oxygen atoms in total. The molecule has 1 aromatic carbocycles. The van der Waals surface area contributed by atoms with Crippen LogP contribution in [0.2, 0.25) is 0 Å². The van der Waals surface area contributed by atoms with Crippen LogP contribution in [-0.2, 0) is 11.2 Å². The molecule has 0 radical (unpaired) electrons. The molecule has 0 amide bonds. The molecule has 1 fully saturated rings. The predicted octanol–water partition coefficient (Wildman–Crippen LogP) is 1.83. The average Bonchev–Trinajstić information content (AvgIpc) is 2.81. The van der Waals surface area contributed by atoms with Crippen molar-refractivity contribution in [2.75, 3.05) is 13.1 Å². The van der Waals surface area contributed by atoms with Gasteiger partial charge in [0.15, 0.2) is 0 Å². The minimum Gasteiger partial charge on any atom is -0.490 e. The number of carboxylic acid groups (broad SMARTS) is 1. The molecule has 0 saturated carbocycles. The van der Waals surface area contributed by atoms with E-state index in [0.717, 1.165) is 31.6 Å². The van der Waals surface area contributed by atoms with E-state index >= 15 is 0 Å². The molecule has 1 saturated heterocycles. The standard InChI is InChI=1S/C15H19NO3/c17-14(18)15(6-3-7-16-10-15)9-12-8-11-4-1-2-5-13(11)19-12/h1-2,4-5,12,16H,3,6-10H2,(H,17,18). The maximum atomic E-state index is 11.6. The van der Waals surface area contributed by atoms with Gasteiger partial charge in [0.2, 0.25) is 0 Å². The van der Waals surface area contributed by atoms with Crippen LogP contribution < -0.4 is 10.1 Å². The number of aliphatic carboxylic acids is 1. The van der Waals surface area contributed by atoms with Gasteiger partial charge in [-0.25, -0.2) is 0 Å². The summed E-state index contributed by atoms with van der Waals surface area (Å²) in [6, 6.07) is 7.97. The second-order valence-corrected chi connectivity index (χ2v) is 5.62. The quantitative estimate of drug-likeness (QED) is 0.871. The summed E-state index contributed by atoms with van der Waals surface area (Å²) in [7, 11) is 0. The number of hydrogen-bond acceptors (Lipinski definition) is 3. The molecule has 2 atom stereocenters. The third-order valence-electron chi connectivity index (χ3n) is 4.26. The molecule has 102 valence electrons. The largest absolute Gasteiger partial charge is 0.490 e. The summed E-state index contributed by atoms with van der Waals surface area (Å²) >= 11 is 0. The number of benzene rings is 1. The lowest BCUT2D eigenvalue weighted by Crippen LogP contribution is -2.47. The fourth-order valence-corrected chi connectivity index (χ4v) is 3.22. The van der Waals surface area contributed by atoms with Crippen molar-refractivity contribution in [3.05, 3.63) is 29.8 Å². The van der Waals surface area contributed by atoms with Crippen molar-refractivity contribution >= 4 is 5.97 Å². The first-order chi connectivity index (χ1) is 9.20. The Balaban J connectivity index is 1.73. The zero-order chi connectivity index (χ0) is 13.3. The fraction of sp³-hybridized carbons (Fsp3) is 0.533. The Morgan fingerprint density at radius 3 is 3.00 bits per heavy atom. The summed E-state index contributed by atoms with van der Waals surface area (Å²) < 4.78 is 5.89. The van der Waals surface area contributed by atoms with E-state index in [9.17, 15) is 9.90 Å². The number of carbonyl (C=O) groups is 1. The number of hydrogen-bond donors (Lipinski definition) is 2. The Labute approximate surface area is 112 Å². The molecule has 2 heterocycles. The van der Waals surface area contributed by atoms with Gasteiger partial charge in [-0.2, -0.15) is 0 Å². The molecule has 1 aromatic rings. The van der Waals surface area contributed by atoms with Gasteiger partial charge >= 0.3 is 5.97 Å². The molecule has 0 aromatic heterocycles. The third-order valence-corrected chi connectivity index (χ3v) is 4.26. The number of nitrogens with one attached hydrogen (secondary N) is 1. The van der Waals surface area contributed by atoms with E-state index in [1.165, 1.54) is 5.56 Å². The van der Waals surface area contributed by atoms with Gasteiger partial charge in [0.05, 0.1) is 5.41 Å². The van der Waals surface area contributed by atoms with Gasteiger partial charge in [-0.1, -0.05) is 18.2 Å². The number of rotatable bonds is 3. The van der Waals surface area contributed by atoms with Crippen LogP contribution in [0.15, 0.2) is 24.3 Å². The second-order valence-electron chi connectivity index (χ2n) is 5.62. The molecule has 4 heteroatoms.